The molecule has 1 saturated carbocycles. The molecule has 2 aliphatic rings. The molecule has 1 amide bonds. The minimum Gasteiger partial charge on any atom is -0.311 e. The number of carbonyl (C=O) groups is 1. The van der Waals surface area contributed by atoms with Crippen molar-refractivity contribution in [1.29, 1.82) is 0 Å². The van der Waals surface area contributed by atoms with Gasteiger partial charge < -0.3 is 9.88 Å². The van der Waals surface area contributed by atoms with Crippen molar-refractivity contribution in [3.8, 4) is 0 Å². The number of benzene rings is 1. The first-order valence-corrected chi connectivity index (χ1v) is 9.57. The predicted molar refractivity (Wildman–Crippen MR) is 102 cm³/mol. The molecule has 0 saturated heterocycles. The molecule has 27 heavy (non-hydrogen) atoms. The van der Waals surface area contributed by atoms with Crippen LogP contribution in [-0.2, 0) is 16.6 Å². The molecule has 0 unspecified atom stereocenters. The number of H-pyrrole nitrogens is 1. The summed E-state index contributed by atoms with van der Waals surface area (Å²) in [5, 5.41) is 0. The van der Waals surface area contributed by atoms with E-state index >= 15 is 0 Å². The van der Waals surface area contributed by atoms with Gasteiger partial charge in [-0.05, 0) is 44.7 Å². The summed E-state index contributed by atoms with van der Waals surface area (Å²) in [4.78, 5) is 33.7. The van der Waals surface area contributed by atoms with Crippen LogP contribution < -0.4 is 10.5 Å². The third-order valence-electron chi connectivity index (χ3n) is 6.08. The van der Waals surface area contributed by atoms with Gasteiger partial charge in [0.25, 0.3) is 5.56 Å². The number of fused-ring (bicyclic) bond motifs is 2. The maximum atomic E-state index is 14.6. The zero-order valence-corrected chi connectivity index (χ0v) is 15.8. The van der Waals surface area contributed by atoms with E-state index in [1.165, 1.54) is 6.07 Å². The van der Waals surface area contributed by atoms with Crippen LogP contribution in [0, 0.1) is 19.7 Å². The van der Waals surface area contributed by atoms with Gasteiger partial charge in [0.1, 0.15) is 11.6 Å². The lowest BCUT2D eigenvalue weighted by Gasteiger charge is -2.24. The Bertz CT molecular complexity index is 960. The number of nitrogens with one attached hydrogen (secondary N) is 1. The first-order valence-electron chi connectivity index (χ1n) is 9.57. The monoisotopic (exact) mass is 369 g/mol. The highest BCUT2D eigenvalue weighted by atomic mass is 19.1. The number of aromatic amines is 1. The van der Waals surface area contributed by atoms with Crippen molar-refractivity contribution in [2.75, 3.05) is 11.4 Å². The largest absolute Gasteiger partial charge is 0.311 e. The fraction of sp³-hybridized carbons (Fsp3) is 0.476. The average molecular weight is 369 g/mol. The van der Waals surface area contributed by atoms with E-state index in [2.05, 4.69) is 9.97 Å². The van der Waals surface area contributed by atoms with Gasteiger partial charge in [0.05, 0.1) is 5.69 Å². The molecule has 1 aliphatic heterocycles. The zero-order valence-electron chi connectivity index (χ0n) is 15.8. The van der Waals surface area contributed by atoms with Gasteiger partial charge in [-0.1, -0.05) is 25.0 Å². The van der Waals surface area contributed by atoms with Crippen molar-refractivity contribution in [2.24, 2.45) is 0 Å². The lowest BCUT2D eigenvalue weighted by atomic mass is 9.81. The summed E-state index contributed by atoms with van der Waals surface area (Å²) in [5.74, 6) is 0.0893. The van der Waals surface area contributed by atoms with E-state index in [0.29, 0.717) is 35.7 Å². The summed E-state index contributed by atoms with van der Waals surface area (Å²) in [6.07, 6.45) is 4.68. The third-order valence-corrected chi connectivity index (χ3v) is 6.08. The number of nitrogens with zero attached hydrogens (tertiary/aromatic N) is 2. The van der Waals surface area contributed by atoms with Crippen LogP contribution in [0.15, 0.2) is 23.0 Å². The molecule has 0 radical (unpaired) electrons. The maximum absolute atomic E-state index is 14.6. The van der Waals surface area contributed by atoms with Crippen molar-refractivity contribution >= 4 is 11.6 Å². The molecule has 1 spiro atoms. The summed E-state index contributed by atoms with van der Waals surface area (Å²) in [5.41, 5.74) is 2.28. The van der Waals surface area contributed by atoms with Crippen LogP contribution in [0.1, 0.15) is 54.7 Å². The number of aromatic nitrogens is 2. The van der Waals surface area contributed by atoms with Crippen molar-refractivity contribution < 1.29 is 9.18 Å². The average Bonchev–Trinajstić information content (AvgIpc) is 3.21. The highest BCUT2D eigenvalue weighted by Crippen LogP contribution is 2.51. The zero-order chi connectivity index (χ0) is 19.2. The second kappa shape index (κ2) is 6.59. The van der Waals surface area contributed by atoms with Gasteiger partial charge >= 0.3 is 0 Å². The second-order valence-corrected chi connectivity index (χ2v) is 7.82. The van der Waals surface area contributed by atoms with E-state index in [9.17, 15) is 14.0 Å². The lowest BCUT2D eigenvalue weighted by molar-refractivity contribution is -0.118. The summed E-state index contributed by atoms with van der Waals surface area (Å²) >= 11 is 0. The van der Waals surface area contributed by atoms with E-state index in [1.54, 1.807) is 24.8 Å². The highest BCUT2D eigenvalue weighted by molar-refractivity contribution is 5.96. The molecule has 142 valence electrons. The quantitative estimate of drug-likeness (QED) is 0.903. The van der Waals surface area contributed by atoms with Crippen LogP contribution in [0.2, 0.25) is 0 Å². The SMILES string of the molecule is Cc1nc(C)c(CCC(=O)N2CC3(CCCC3)c3cccc(F)c32)c(=O)[nH]1. The number of para-hydroxylation sites is 1. The van der Waals surface area contributed by atoms with E-state index in [1.807, 2.05) is 6.07 Å². The Kier molecular flexibility index (Phi) is 4.36. The lowest BCUT2D eigenvalue weighted by Crippen LogP contribution is -2.36. The minimum absolute atomic E-state index is 0.105. The van der Waals surface area contributed by atoms with E-state index in [-0.39, 0.29) is 29.1 Å². The van der Waals surface area contributed by atoms with Crippen LogP contribution in [0.5, 0.6) is 0 Å². The molecule has 0 atom stereocenters. The molecule has 5 nitrogen and oxygen atoms in total. The summed E-state index contributed by atoms with van der Waals surface area (Å²) in [6, 6.07) is 5.13. The Balaban J connectivity index is 1.60. The molecule has 1 fully saturated rings. The fourth-order valence-corrected chi connectivity index (χ4v) is 4.79. The van der Waals surface area contributed by atoms with Gasteiger partial charge in [0.15, 0.2) is 0 Å². The van der Waals surface area contributed by atoms with Crippen molar-refractivity contribution in [2.45, 2.75) is 57.8 Å². The van der Waals surface area contributed by atoms with Gasteiger partial charge in [-0.15, -0.1) is 0 Å². The Morgan fingerprint density at radius 1 is 1.30 bits per heavy atom. The first-order chi connectivity index (χ1) is 12.9. The van der Waals surface area contributed by atoms with Crippen LogP contribution in [0.4, 0.5) is 10.1 Å². The number of aryl methyl sites for hydroxylation is 2. The van der Waals surface area contributed by atoms with Gasteiger partial charge in [0, 0.05) is 29.6 Å². The van der Waals surface area contributed by atoms with Crippen LogP contribution in [-0.4, -0.2) is 22.4 Å². The van der Waals surface area contributed by atoms with Crippen molar-refractivity contribution in [1.82, 2.24) is 9.97 Å². The molecule has 1 aliphatic carbocycles. The predicted octanol–water partition coefficient (Wildman–Crippen LogP) is 3.32. The van der Waals surface area contributed by atoms with E-state index < -0.39 is 0 Å². The first kappa shape index (κ1) is 17.9. The number of hydrogen-bond donors (Lipinski definition) is 1. The summed E-state index contributed by atoms with van der Waals surface area (Å²) < 4.78 is 14.6. The number of anilines is 1. The Morgan fingerprint density at radius 2 is 2.04 bits per heavy atom. The summed E-state index contributed by atoms with van der Waals surface area (Å²) in [7, 11) is 0. The highest BCUT2D eigenvalue weighted by Gasteiger charge is 2.47. The maximum Gasteiger partial charge on any atom is 0.254 e. The molecule has 1 N–H and O–H groups in total. The smallest absolute Gasteiger partial charge is 0.254 e. The van der Waals surface area contributed by atoms with Crippen molar-refractivity contribution in [3.63, 3.8) is 0 Å². The molecule has 2 heterocycles. The molecular weight excluding hydrogens is 345 g/mol. The van der Waals surface area contributed by atoms with Crippen LogP contribution in [0.3, 0.4) is 0 Å². The second-order valence-electron chi connectivity index (χ2n) is 7.82. The molecule has 4 rings (SSSR count). The minimum atomic E-state index is -0.337. The van der Waals surface area contributed by atoms with E-state index in [0.717, 1.165) is 31.2 Å². The van der Waals surface area contributed by atoms with E-state index in [4.69, 9.17) is 0 Å². The molecule has 6 heteroatoms. The Labute approximate surface area is 157 Å². The summed E-state index contributed by atoms with van der Waals surface area (Å²) in [6.45, 7) is 4.05. The normalized spacial score (nSPS) is 17.5. The number of rotatable bonds is 3. The number of halogens is 1. The van der Waals surface area contributed by atoms with Gasteiger partial charge in [-0.25, -0.2) is 9.37 Å². The van der Waals surface area contributed by atoms with Crippen LogP contribution >= 0.6 is 0 Å². The van der Waals surface area contributed by atoms with Crippen LogP contribution in [0.25, 0.3) is 0 Å². The number of amides is 1. The van der Waals surface area contributed by atoms with Gasteiger partial charge in [0.2, 0.25) is 5.91 Å². The Morgan fingerprint density at radius 3 is 2.74 bits per heavy atom. The van der Waals surface area contributed by atoms with Gasteiger partial charge in [-0.2, -0.15) is 0 Å². The Hall–Kier alpha value is -2.50. The molecule has 1 aromatic heterocycles. The third kappa shape index (κ3) is 2.97. The number of carbonyl (C=O) groups excluding carboxylic acids is 1. The van der Waals surface area contributed by atoms with Crippen molar-refractivity contribution in [3.05, 3.63) is 57.0 Å². The molecule has 1 aromatic carbocycles. The van der Waals surface area contributed by atoms with Gasteiger partial charge in [-0.3, -0.25) is 9.59 Å². The topological polar surface area (TPSA) is 66.1 Å². The molecular formula is C21H24FN3O2. The molecule has 2 aromatic rings. The fourth-order valence-electron chi connectivity index (χ4n) is 4.79. The number of hydrogen-bond acceptors (Lipinski definition) is 3. The standard InChI is InChI=1S/C21H24FN3O2/c1-13-15(20(27)24-14(2)23-13)8-9-18(26)25-12-21(10-3-4-11-21)16-6-5-7-17(22)19(16)25/h5-7H,3-4,8-12H2,1-2H3,(H,23,24,27). The molecule has 0 bridgehead atoms.